The first-order valence-corrected chi connectivity index (χ1v) is 10.1. The smallest absolute Gasteiger partial charge is 0.226 e. The zero-order valence-corrected chi connectivity index (χ0v) is 16.3. The van der Waals surface area contributed by atoms with Crippen LogP contribution < -0.4 is 10.2 Å². The van der Waals surface area contributed by atoms with E-state index in [9.17, 15) is 14.0 Å². The van der Waals surface area contributed by atoms with Crippen LogP contribution in [0.5, 0.6) is 0 Å². The predicted octanol–water partition coefficient (Wildman–Crippen LogP) is 1.86. The van der Waals surface area contributed by atoms with Crippen LogP contribution in [-0.2, 0) is 16.0 Å². The van der Waals surface area contributed by atoms with E-state index in [0.717, 1.165) is 24.5 Å². The number of hydrogen-bond acceptors (Lipinski definition) is 4. The van der Waals surface area contributed by atoms with Gasteiger partial charge in [0, 0.05) is 38.9 Å². The van der Waals surface area contributed by atoms with Crippen molar-refractivity contribution >= 4 is 17.6 Å². The third-order valence-electron chi connectivity index (χ3n) is 5.64. The molecule has 0 spiro atoms. The number of nitrogens with zero attached hydrogens (tertiary/aromatic N) is 3. The van der Waals surface area contributed by atoms with Crippen LogP contribution in [0, 0.1) is 17.7 Å². The molecule has 0 bridgehead atoms. The summed E-state index contributed by atoms with van der Waals surface area (Å²) in [5, 5.41) is 2.90. The molecule has 152 valence electrons. The van der Waals surface area contributed by atoms with E-state index >= 15 is 0 Å². The van der Waals surface area contributed by atoms with Gasteiger partial charge < -0.3 is 15.1 Å². The molecule has 29 heavy (non-hydrogen) atoms. The number of anilines is 1. The number of pyridine rings is 1. The lowest BCUT2D eigenvalue weighted by molar-refractivity contribution is -0.135. The minimum atomic E-state index is -0.266. The topological polar surface area (TPSA) is 65.5 Å². The zero-order chi connectivity index (χ0) is 20.2. The van der Waals surface area contributed by atoms with Crippen LogP contribution in [0.4, 0.5) is 10.2 Å². The molecule has 1 aliphatic carbocycles. The molecule has 1 aromatic carbocycles. The average Bonchev–Trinajstić information content (AvgIpc) is 3.56. The second kappa shape index (κ2) is 8.59. The number of carbonyl (C=O) groups excluding carboxylic acids is 2. The van der Waals surface area contributed by atoms with Crippen LogP contribution in [0.25, 0.3) is 0 Å². The minimum absolute atomic E-state index is 0.0578. The van der Waals surface area contributed by atoms with E-state index < -0.39 is 0 Å². The lowest BCUT2D eigenvalue weighted by Gasteiger charge is -2.35. The molecular formula is C22H25FN4O2. The van der Waals surface area contributed by atoms with Gasteiger partial charge in [0.25, 0.3) is 0 Å². The first-order chi connectivity index (χ1) is 14.1. The summed E-state index contributed by atoms with van der Waals surface area (Å²) in [6.45, 7) is 3.31. The summed E-state index contributed by atoms with van der Waals surface area (Å²) < 4.78 is 12.9. The monoisotopic (exact) mass is 396 g/mol. The summed E-state index contributed by atoms with van der Waals surface area (Å²) >= 11 is 0. The van der Waals surface area contributed by atoms with Gasteiger partial charge in [-0.3, -0.25) is 9.59 Å². The maximum Gasteiger partial charge on any atom is 0.226 e. The molecule has 2 amide bonds. The van der Waals surface area contributed by atoms with Gasteiger partial charge in [0.05, 0.1) is 11.8 Å². The van der Waals surface area contributed by atoms with Crippen molar-refractivity contribution in [2.24, 2.45) is 11.8 Å². The third-order valence-corrected chi connectivity index (χ3v) is 5.64. The second-order valence-corrected chi connectivity index (χ2v) is 7.62. The number of benzene rings is 1. The maximum absolute atomic E-state index is 12.9. The normalized spacial score (nSPS) is 21.0. The Balaban J connectivity index is 1.19. The number of nitrogens with one attached hydrogen (secondary N) is 1. The van der Waals surface area contributed by atoms with Crippen LogP contribution in [-0.4, -0.2) is 54.4 Å². The first-order valence-electron chi connectivity index (χ1n) is 10.1. The molecular weight excluding hydrogens is 371 g/mol. The van der Waals surface area contributed by atoms with Gasteiger partial charge >= 0.3 is 0 Å². The Morgan fingerprint density at radius 2 is 1.79 bits per heavy atom. The maximum atomic E-state index is 12.9. The Labute approximate surface area is 169 Å². The molecule has 1 saturated carbocycles. The molecule has 4 rings (SSSR count). The summed E-state index contributed by atoms with van der Waals surface area (Å²) in [6, 6.07) is 12.1. The second-order valence-electron chi connectivity index (χ2n) is 7.62. The van der Waals surface area contributed by atoms with E-state index in [2.05, 4.69) is 15.2 Å². The summed E-state index contributed by atoms with van der Waals surface area (Å²) in [5.41, 5.74) is 0.973. The van der Waals surface area contributed by atoms with E-state index in [-0.39, 0.29) is 29.5 Å². The number of hydrogen-bond donors (Lipinski definition) is 1. The number of carbonyl (C=O) groups is 2. The molecule has 2 unspecified atom stereocenters. The van der Waals surface area contributed by atoms with Crippen LogP contribution in [0.2, 0.25) is 0 Å². The summed E-state index contributed by atoms with van der Waals surface area (Å²) in [7, 11) is 0. The molecule has 0 radical (unpaired) electrons. The quantitative estimate of drug-likeness (QED) is 0.810. The summed E-state index contributed by atoms with van der Waals surface area (Å²) in [4.78, 5) is 33.5. The van der Waals surface area contributed by atoms with Gasteiger partial charge in [0.1, 0.15) is 11.6 Å². The molecule has 1 N–H and O–H groups in total. The molecule has 2 atom stereocenters. The largest absolute Gasteiger partial charge is 0.356 e. The fraction of sp³-hybridized carbons (Fsp3) is 0.409. The van der Waals surface area contributed by atoms with E-state index in [0.29, 0.717) is 32.5 Å². The Hall–Kier alpha value is -2.96. The fourth-order valence-corrected chi connectivity index (χ4v) is 3.80. The summed E-state index contributed by atoms with van der Waals surface area (Å²) in [5.74, 6) is 0.288. The average molecular weight is 396 g/mol. The van der Waals surface area contributed by atoms with Crippen LogP contribution >= 0.6 is 0 Å². The highest BCUT2D eigenvalue weighted by atomic mass is 19.1. The molecule has 1 aromatic heterocycles. The fourth-order valence-electron chi connectivity index (χ4n) is 3.80. The Morgan fingerprint density at radius 1 is 1.03 bits per heavy atom. The molecule has 2 aromatic rings. The van der Waals surface area contributed by atoms with Gasteiger partial charge in [-0.2, -0.15) is 0 Å². The molecule has 1 aliphatic heterocycles. The highest BCUT2D eigenvalue weighted by molar-refractivity contribution is 5.92. The lowest BCUT2D eigenvalue weighted by atomic mass is 10.1. The van der Waals surface area contributed by atoms with Crippen molar-refractivity contribution in [2.75, 3.05) is 37.6 Å². The highest BCUT2D eigenvalue weighted by Crippen LogP contribution is 2.40. The number of amides is 2. The molecule has 7 heteroatoms. The molecule has 2 aliphatic rings. The standard InChI is InChI=1S/C22H25FN4O2/c23-17-6-4-16(5-7-17)8-10-25-21(28)18-15-19(18)22(29)27-13-11-26(12-14-27)20-3-1-2-9-24-20/h1-7,9,18-19H,8,10-15H2,(H,25,28). The Kier molecular flexibility index (Phi) is 5.74. The van der Waals surface area contributed by atoms with Gasteiger partial charge in [-0.1, -0.05) is 18.2 Å². The van der Waals surface area contributed by atoms with E-state index in [4.69, 9.17) is 0 Å². The highest BCUT2D eigenvalue weighted by Gasteiger charge is 2.49. The summed E-state index contributed by atoms with van der Waals surface area (Å²) in [6.07, 6.45) is 3.05. The zero-order valence-electron chi connectivity index (χ0n) is 16.3. The number of halogens is 1. The van der Waals surface area contributed by atoms with Gasteiger partial charge in [-0.05, 0) is 42.7 Å². The van der Waals surface area contributed by atoms with Gasteiger partial charge in [-0.15, -0.1) is 0 Å². The van der Waals surface area contributed by atoms with Crippen molar-refractivity contribution in [3.8, 4) is 0 Å². The van der Waals surface area contributed by atoms with E-state index in [1.165, 1.54) is 12.1 Å². The first kappa shape index (κ1) is 19.4. The van der Waals surface area contributed by atoms with Crippen LogP contribution in [0.3, 0.4) is 0 Å². The molecule has 2 heterocycles. The van der Waals surface area contributed by atoms with Crippen LogP contribution in [0.15, 0.2) is 48.7 Å². The third kappa shape index (κ3) is 4.72. The number of piperazine rings is 1. The van der Waals surface area contributed by atoms with Crippen molar-refractivity contribution in [1.82, 2.24) is 15.2 Å². The SMILES string of the molecule is O=C(NCCc1ccc(F)cc1)C1CC1C(=O)N1CCN(c2ccccn2)CC1. The van der Waals surface area contributed by atoms with Crippen molar-refractivity contribution in [3.05, 3.63) is 60.0 Å². The van der Waals surface area contributed by atoms with Gasteiger partial charge in [0.2, 0.25) is 11.8 Å². The lowest BCUT2D eigenvalue weighted by Crippen LogP contribution is -2.49. The van der Waals surface area contributed by atoms with E-state index in [1.54, 1.807) is 18.3 Å². The van der Waals surface area contributed by atoms with Crippen molar-refractivity contribution < 1.29 is 14.0 Å². The molecule has 1 saturated heterocycles. The number of rotatable bonds is 6. The van der Waals surface area contributed by atoms with Crippen molar-refractivity contribution in [1.29, 1.82) is 0 Å². The van der Waals surface area contributed by atoms with Crippen molar-refractivity contribution in [2.45, 2.75) is 12.8 Å². The Bertz CT molecular complexity index is 851. The Morgan fingerprint density at radius 3 is 2.48 bits per heavy atom. The molecule has 6 nitrogen and oxygen atoms in total. The predicted molar refractivity (Wildman–Crippen MR) is 108 cm³/mol. The van der Waals surface area contributed by atoms with Crippen LogP contribution in [0.1, 0.15) is 12.0 Å². The number of aromatic nitrogens is 1. The van der Waals surface area contributed by atoms with Gasteiger partial charge in [0.15, 0.2) is 0 Å². The van der Waals surface area contributed by atoms with E-state index in [1.807, 2.05) is 23.1 Å². The van der Waals surface area contributed by atoms with Crippen molar-refractivity contribution in [3.63, 3.8) is 0 Å². The molecule has 2 fully saturated rings. The van der Waals surface area contributed by atoms with Gasteiger partial charge in [-0.25, -0.2) is 9.37 Å². The minimum Gasteiger partial charge on any atom is -0.356 e.